The number of halogens is 2. The van der Waals surface area contributed by atoms with Crippen LogP contribution in [0.25, 0.3) is 10.9 Å². The lowest BCUT2D eigenvalue weighted by molar-refractivity contribution is 0.395. The van der Waals surface area contributed by atoms with E-state index in [1.54, 1.807) is 7.11 Å². The van der Waals surface area contributed by atoms with Crippen LogP contribution in [0.15, 0.2) is 53.0 Å². The molecule has 3 aromatic rings. The summed E-state index contributed by atoms with van der Waals surface area (Å²) in [5.74, 6) is 0.653. The van der Waals surface area contributed by atoms with E-state index in [1.807, 2.05) is 36.4 Å². The van der Waals surface area contributed by atoms with Crippen molar-refractivity contribution < 1.29 is 4.74 Å². The van der Waals surface area contributed by atoms with Crippen LogP contribution in [0.3, 0.4) is 0 Å². The van der Waals surface area contributed by atoms with Gasteiger partial charge in [0.1, 0.15) is 0 Å². The maximum Gasteiger partial charge on any atom is 0.217 e. The zero-order chi connectivity index (χ0) is 14.8. The Labute approximate surface area is 136 Å². The average molecular weight is 363 g/mol. The van der Waals surface area contributed by atoms with Gasteiger partial charge in [0, 0.05) is 26.9 Å². The summed E-state index contributed by atoms with van der Waals surface area (Å²) < 4.78 is 6.47. The Morgan fingerprint density at radius 3 is 2.71 bits per heavy atom. The van der Waals surface area contributed by atoms with Gasteiger partial charge in [-0.25, -0.2) is 4.98 Å². The molecule has 0 bridgehead atoms. The molecule has 0 N–H and O–H groups in total. The molecule has 1 aromatic heterocycles. The number of hydrogen-bond acceptors (Lipinski definition) is 2. The fourth-order valence-corrected chi connectivity index (χ4v) is 2.91. The minimum atomic E-state index is 0.653. The fraction of sp³-hybridized carbons (Fsp3) is 0.118. The Morgan fingerprint density at radius 2 is 1.90 bits per heavy atom. The van der Waals surface area contributed by atoms with Crippen LogP contribution >= 0.6 is 27.5 Å². The van der Waals surface area contributed by atoms with Gasteiger partial charge in [-0.1, -0.05) is 45.7 Å². The Hall–Kier alpha value is -1.58. The number of rotatable bonds is 3. The number of benzene rings is 2. The molecular formula is C17H13BrClNO. The Morgan fingerprint density at radius 1 is 1.10 bits per heavy atom. The third-order valence-electron chi connectivity index (χ3n) is 3.35. The van der Waals surface area contributed by atoms with Crippen molar-refractivity contribution in [2.75, 3.05) is 7.11 Å². The van der Waals surface area contributed by atoms with Crippen LogP contribution in [-0.2, 0) is 6.42 Å². The normalized spacial score (nSPS) is 10.8. The molecule has 0 aliphatic carbocycles. The molecule has 2 aromatic carbocycles. The monoisotopic (exact) mass is 361 g/mol. The maximum absolute atomic E-state index is 6.08. The van der Waals surface area contributed by atoms with Crippen LogP contribution in [0, 0.1) is 0 Å². The van der Waals surface area contributed by atoms with E-state index in [9.17, 15) is 0 Å². The predicted octanol–water partition coefficient (Wildman–Crippen LogP) is 5.25. The molecule has 0 saturated heterocycles. The minimum absolute atomic E-state index is 0.653. The van der Waals surface area contributed by atoms with Crippen molar-refractivity contribution in [3.05, 3.63) is 69.2 Å². The van der Waals surface area contributed by atoms with Gasteiger partial charge in [0.2, 0.25) is 5.88 Å². The summed E-state index contributed by atoms with van der Waals surface area (Å²) in [4.78, 5) is 4.57. The highest BCUT2D eigenvalue weighted by Gasteiger charge is 2.10. The Balaban J connectivity index is 2.08. The van der Waals surface area contributed by atoms with Crippen LogP contribution in [0.1, 0.15) is 11.1 Å². The maximum atomic E-state index is 6.08. The Bertz CT molecular complexity index is 804. The number of methoxy groups -OCH3 is 1. The smallest absolute Gasteiger partial charge is 0.217 e. The van der Waals surface area contributed by atoms with Crippen LogP contribution < -0.4 is 4.74 Å². The standard InChI is InChI=1S/C17H13BrClNO/c1-21-17-13(8-11-4-2-3-5-16(11)20-17)9-12-10-14(19)6-7-15(12)18/h2-8,10H,9H2,1H3. The first-order valence-corrected chi connectivity index (χ1v) is 7.71. The number of fused-ring (bicyclic) bond motifs is 1. The van der Waals surface area contributed by atoms with Crippen molar-refractivity contribution >= 4 is 38.4 Å². The molecule has 0 saturated carbocycles. The number of pyridine rings is 1. The van der Waals surface area contributed by atoms with Crippen LogP contribution in [0.5, 0.6) is 5.88 Å². The van der Waals surface area contributed by atoms with Crippen molar-refractivity contribution in [3.63, 3.8) is 0 Å². The van der Waals surface area contributed by atoms with Gasteiger partial charge >= 0.3 is 0 Å². The number of aromatic nitrogens is 1. The summed E-state index contributed by atoms with van der Waals surface area (Å²) >= 11 is 9.65. The zero-order valence-electron chi connectivity index (χ0n) is 11.4. The summed E-state index contributed by atoms with van der Waals surface area (Å²) in [6, 6.07) is 15.9. The van der Waals surface area contributed by atoms with Gasteiger partial charge in [-0.15, -0.1) is 0 Å². The highest BCUT2D eigenvalue weighted by atomic mass is 79.9. The van der Waals surface area contributed by atoms with Crippen molar-refractivity contribution in [2.24, 2.45) is 0 Å². The third-order valence-corrected chi connectivity index (χ3v) is 4.35. The molecule has 21 heavy (non-hydrogen) atoms. The van der Waals surface area contributed by atoms with Gasteiger partial charge in [-0.05, 0) is 35.9 Å². The average Bonchev–Trinajstić information content (AvgIpc) is 2.50. The third kappa shape index (κ3) is 3.04. The van der Waals surface area contributed by atoms with E-state index in [2.05, 4.69) is 33.0 Å². The fourth-order valence-electron chi connectivity index (χ4n) is 2.33. The van der Waals surface area contributed by atoms with E-state index in [1.165, 1.54) is 0 Å². The summed E-state index contributed by atoms with van der Waals surface area (Å²) in [5, 5.41) is 1.83. The summed E-state index contributed by atoms with van der Waals surface area (Å²) in [6.07, 6.45) is 0.710. The highest BCUT2D eigenvalue weighted by molar-refractivity contribution is 9.10. The van der Waals surface area contributed by atoms with Crippen LogP contribution in [-0.4, -0.2) is 12.1 Å². The molecule has 0 spiro atoms. The molecule has 3 rings (SSSR count). The minimum Gasteiger partial charge on any atom is -0.481 e. The topological polar surface area (TPSA) is 22.1 Å². The van der Waals surface area contributed by atoms with Gasteiger partial charge in [0.05, 0.1) is 12.6 Å². The second kappa shape index (κ2) is 6.04. The quantitative estimate of drug-likeness (QED) is 0.635. The summed E-state index contributed by atoms with van der Waals surface area (Å²) in [6.45, 7) is 0. The molecule has 4 heteroatoms. The van der Waals surface area contributed by atoms with E-state index >= 15 is 0 Å². The van der Waals surface area contributed by atoms with Crippen molar-refractivity contribution in [2.45, 2.75) is 6.42 Å². The van der Waals surface area contributed by atoms with E-state index in [0.717, 1.165) is 31.5 Å². The molecule has 0 atom stereocenters. The molecule has 106 valence electrons. The molecule has 0 unspecified atom stereocenters. The van der Waals surface area contributed by atoms with Crippen molar-refractivity contribution in [1.82, 2.24) is 4.98 Å². The predicted molar refractivity (Wildman–Crippen MR) is 90.3 cm³/mol. The van der Waals surface area contributed by atoms with E-state index in [0.29, 0.717) is 12.3 Å². The van der Waals surface area contributed by atoms with Gasteiger partial charge in [-0.2, -0.15) is 0 Å². The molecule has 2 nitrogen and oxygen atoms in total. The molecule has 0 fully saturated rings. The van der Waals surface area contributed by atoms with E-state index < -0.39 is 0 Å². The number of para-hydroxylation sites is 1. The molecule has 0 aliphatic rings. The first-order valence-electron chi connectivity index (χ1n) is 6.54. The lowest BCUT2D eigenvalue weighted by Crippen LogP contribution is -1.98. The van der Waals surface area contributed by atoms with E-state index in [-0.39, 0.29) is 0 Å². The SMILES string of the molecule is COc1nc2ccccc2cc1Cc1cc(Cl)ccc1Br. The number of ether oxygens (including phenoxy) is 1. The molecule has 0 aliphatic heterocycles. The van der Waals surface area contributed by atoms with Crippen LogP contribution in [0.2, 0.25) is 5.02 Å². The van der Waals surface area contributed by atoms with Crippen molar-refractivity contribution in [3.8, 4) is 5.88 Å². The van der Waals surface area contributed by atoms with Crippen LogP contribution in [0.4, 0.5) is 0 Å². The molecule has 1 heterocycles. The second-order valence-electron chi connectivity index (χ2n) is 4.76. The number of nitrogens with zero attached hydrogens (tertiary/aromatic N) is 1. The molecule has 0 radical (unpaired) electrons. The second-order valence-corrected chi connectivity index (χ2v) is 6.05. The summed E-state index contributed by atoms with van der Waals surface area (Å²) in [7, 11) is 1.65. The largest absolute Gasteiger partial charge is 0.481 e. The van der Waals surface area contributed by atoms with Crippen molar-refractivity contribution in [1.29, 1.82) is 0 Å². The Kier molecular flexibility index (Phi) is 4.13. The van der Waals surface area contributed by atoms with Gasteiger partial charge in [-0.3, -0.25) is 0 Å². The highest BCUT2D eigenvalue weighted by Crippen LogP contribution is 2.28. The van der Waals surface area contributed by atoms with Gasteiger partial charge < -0.3 is 4.74 Å². The zero-order valence-corrected chi connectivity index (χ0v) is 13.8. The summed E-state index contributed by atoms with van der Waals surface area (Å²) in [5.41, 5.74) is 3.08. The van der Waals surface area contributed by atoms with Gasteiger partial charge in [0.25, 0.3) is 0 Å². The van der Waals surface area contributed by atoms with Gasteiger partial charge in [0.15, 0.2) is 0 Å². The first kappa shape index (κ1) is 14.4. The lowest BCUT2D eigenvalue weighted by Gasteiger charge is -2.11. The number of hydrogen-bond donors (Lipinski definition) is 0. The molecular weight excluding hydrogens is 350 g/mol. The first-order chi connectivity index (χ1) is 10.2. The lowest BCUT2D eigenvalue weighted by atomic mass is 10.0. The van der Waals surface area contributed by atoms with E-state index in [4.69, 9.17) is 16.3 Å². The molecule has 0 amide bonds.